The second-order valence-electron chi connectivity index (χ2n) is 8.70. The maximum absolute atomic E-state index is 13.7. The van der Waals surface area contributed by atoms with Crippen molar-refractivity contribution >= 4 is 15.7 Å². The first-order valence-corrected chi connectivity index (χ1v) is 12.8. The first kappa shape index (κ1) is 23.2. The fraction of sp³-hybridized carbons (Fsp3) is 0.143. The molecule has 0 saturated heterocycles. The van der Waals surface area contributed by atoms with Crippen LogP contribution in [0.15, 0.2) is 102 Å². The van der Waals surface area contributed by atoms with Gasteiger partial charge < -0.3 is 4.90 Å². The maximum atomic E-state index is 13.7. The van der Waals surface area contributed by atoms with Crippen LogP contribution in [0, 0.1) is 11.6 Å². The summed E-state index contributed by atoms with van der Waals surface area (Å²) in [5.41, 5.74) is 4.93. The minimum absolute atomic E-state index is 0.0991. The van der Waals surface area contributed by atoms with Gasteiger partial charge in [0.25, 0.3) is 0 Å². The van der Waals surface area contributed by atoms with E-state index in [0.717, 1.165) is 34.0 Å². The van der Waals surface area contributed by atoms with Gasteiger partial charge in [-0.3, -0.25) is 0 Å². The smallest absolute Gasteiger partial charge is 0.240 e. The Bertz CT molecular complexity index is 1440. The van der Waals surface area contributed by atoms with Crippen molar-refractivity contribution in [3.8, 4) is 11.1 Å². The Labute approximate surface area is 203 Å². The fourth-order valence-electron chi connectivity index (χ4n) is 4.53. The van der Waals surface area contributed by atoms with Gasteiger partial charge in [-0.2, -0.15) is 0 Å². The monoisotopic (exact) mass is 490 g/mol. The molecule has 1 aliphatic heterocycles. The Balaban J connectivity index is 1.48. The molecule has 1 unspecified atom stereocenters. The van der Waals surface area contributed by atoms with Crippen LogP contribution in [0.1, 0.15) is 11.1 Å². The van der Waals surface area contributed by atoms with Crippen LogP contribution in [-0.4, -0.2) is 21.0 Å². The molecule has 0 fully saturated rings. The average Bonchev–Trinajstić information content (AvgIpc) is 2.84. The fourth-order valence-corrected chi connectivity index (χ4v) is 5.79. The van der Waals surface area contributed by atoms with Crippen molar-refractivity contribution in [3.05, 3.63) is 120 Å². The van der Waals surface area contributed by atoms with Gasteiger partial charge in [0, 0.05) is 24.8 Å². The van der Waals surface area contributed by atoms with E-state index in [1.54, 1.807) is 12.1 Å². The van der Waals surface area contributed by atoms with Gasteiger partial charge in [0.2, 0.25) is 10.0 Å². The molecule has 0 aromatic heterocycles. The number of anilines is 1. The summed E-state index contributed by atoms with van der Waals surface area (Å²) in [6, 6.07) is 26.9. The lowest BCUT2D eigenvalue weighted by atomic mass is 9.94. The summed E-state index contributed by atoms with van der Waals surface area (Å²) in [5, 5.41) is 0. The molecule has 178 valence electrons. The van der Waals surface area contributed by atoms with Crippen LogP contribution in [-0.2, 0) is 23.0 Å². The largest absolute Gasteiger partial charge is 0.365 e. The van der Waals surface area contributed by atoms with Crippen LogP contribution >= 0.6 is 0 Å². The Morgan fingerprint density at radius 3 is 2.29 bits per heavy atom. The van der Waals surface area contributed by atoms with E-state index in [4.69, 9.17) is 0 Å². The normalized spacial score (nSPS) is 15.6. The highest BCUT2D eigenvalue weighted by molar-refractivity contribution is 7.89. The molecular formula is C28H24F2N2O2S. The SMILES string of the molecule is O=S(=O)(NC1Cc2cc(-c3ccc(F)cc3)ccc2N(Cc2ccccc2)C1)c1cccc(F)c1. The summed E-state index contributed by atoms with van der Waals surface area (Å²) in [5.74, 6) is -0.899. The van der Waals surface area contributed by atoms with Crippen LogP contribution in [0.25, 0.3) is 11.1 Å². The van der Waals surface area contributed by atoms with Gasteiger partial charge >= 0.3 is 0 Å². The molecule has 1 N–H and O–H groups in total. The molecule has 4 aromatic carbocycles. The molecule has 0 saturated carbocycles. The second kappa shape index (κ2) is 9.60. The summed E-state index contributed by atoms with van der Waals surface area (Å²) < 4.78 is 55.9. The second-order valence-corrected chi connectivity index (χ2v) is 10.4. The molecule has 1 atom stereocenters. The van der Waals surface area contributed by atoms with Crippen LogP contribution in [0.4, 0.5) is 14.5 Å². The van der Waals surface area contributed by atoms with Crippen LogP contribution < -0.4 is 9.62 Å². The number of halogens is 2. The highest BCUT2D eigenvalue weighted by Crippen LogP contribution is 2.33. The molecule has 0 radical (unpaired) electrons. The molecule has 7 heteroatoms. The van der Waals surface area contributed by atoms with Crippen molar-refractivity contribution in [3.63, 3.8) is 0 Å². The van der Waals surface area contributed by atoms with Gasteiger partial charge in [0.05, 0.1) is 4.90 Å². The van der Waals surface area contributed by atoms with Gasteiger partial charge in [-0.25, -0.2) is 21.9 Å². The lowest BCUT2D eigenvalue weighted by molar-refractivity contribution is 0.523. The lowest BCUT2D eigenvalue weighted by Crippen LogP contribution is -2.48. The molecule has 35 heavy (non-hydrogen) atoms. The highest BCUT2D eigenvalue weighted by Gasteiger charge is 2.29. The summed E-state index contributed by atoms with van der Waals surface area (Å²) in [6.45, 7) is 1.08. The molecule has 4 nitrogen and oxygen atoms in total. The summed E-state index contributed by atoms with van der Waals surface area (Å²) >= 11 is 0. The minimum atomic E-state index is -3.91. The number of fused-ring (bicyclic) bond motifs is 1. The lowest BCUT2D eigenvalue weighted by Gasteiger charge is -2.37. The average molecular weight is 491 g/mol. The van der Waals surface area contributed by atoms with E-state index in [-0.39, 0.29) is 10.7 Å². The van der Waals surface area contributed by atoms with Crippen molar-refractivity contribution in [1.29, 1.82) is 0 Å². The molecular weight excluding hydrogens is 466 g/mol. The summed E-state index contributed by atoms with van der Waals surface area (Å²) in [7, 11) is -3.91. The third-order valence-electron chi connectivity index (χ3n) is 6.15. The van der Waals surface area contributed by atoms with Gasteiger partial charge in [-0.1, -0.05) is 54.6 Å². The van der Waals surface area contributed by atoms with Gasteiger partial charge in [-0.15, -0.1) is 0 Å². The summed E-state index contributed by atoms with van der Waals surface area (Å²) in [4.78, 5) is 2.06. The third kappa shape index (κ3) is 5.26. The quantitative estimate of drug-likeness (QED) is 0.386. The number of nitrogens with zero attached hydrogens (tertiary/aromatic N) is 1. The molecule has 0 aliphatic carbocycles. The van der Waals surface area contributed by atoms with E-state index in [9.17, 15) is 17.2 Å². The zero-order valence-corrected chi connectivity index (χ0v) is 19.7. The Hall–Kier alpha value is -3.55. The molecule has 1 heterocycles. The van der Waals surface area contributed by atoms with Crippen molar-refractivity contribution in [2.45, 2.75) is 23.9 Å². The van der Waals surface area contributed by atoms with Gasteiger partial charge in [0.1, 0.15) is 11.6 Å². The molecule has 5 rings (SSSR count). The van der Waals surface area contributed by atoms with Crippen molar-refractivity contribution < 1.29 is 17.2 Å². The Morgan fingerprint density at radius 2 is 1.54 bits per heavy atom. The maximum Gasteiger partial charge on any atom is 0.240 e. The predicted octanol–water partition coefficient (Wildman–Crippen LogP) is 5.54. The van der Waals surface area contributed by atoms with Gasteiger partial charge in [-0.05, 0) is 71.1 Å². The van der Waals surface area contributed by atoms with E-state index in [1.165, 1.54) is 30.3 Å². The number of sulfonamides is 1. The van der Waals surface area contributed by atoms with Crippen LogP contribution in [0.5, 0.6) is 0 Å². The third-order valence-corrected chi connectivity index (χ3v) is 7.67. The van der Waals surface area contributed by atoms with Crippen molar-refractivity contribution in [2.24, 2.45) is 0 Å². The first-order valence-electron chi connectivity index (χ1n) is 11.3. The molecule has 1 aliphatic rings. The van der Waals surface area contributed by atoms with Crippen molar-refractivity contribution in [1.82, 2.24) is 4.72 Å². The molecule has 0 bridgehead atoms. The zero-order chi connectivity index (χ0) is 24.4. The number of hydrogen-bond donors (Lipinski definition) is 1. The van der Waals surface area contributed by atoms with E-state index in [1.807, 2.05) is 48.5 Å². The molecule has 4 aromatic rings. The van der Waals surface area contributed by atoms with E-state index < -0.39 is 21.9 Å². The number of benzene rings is 4. The van der Waals surface area contributed by atoms with E-state index >= 15 is 0 Å². The molecule has 0 amide bonds. The molecule has 0 spiro atoms. The minimum Gasteiger partial charge on any atom is -0.365 e. The highest BCUT2D eigenvalue weighted by atomic mass is 32.2. The number of hydrogen-bond acceptors (Lipinski definition) is 3. The first-order chi connectivity index (χ1) is 16.9. The number of rotatable bonds is 6. The predicted molar refractivity (Wildman–Crippen MR) is 134 cm³/mol. The van der Waals surface area contributed by atoms with Crippen molar-refractivity contribution in [2.75, 3.05) is 11.4 Å². The van der Waals surface area contributed by atoms with Gasteiger partial charge in [0.15, 0.2) is 0 Å². The van der Waals surface area contributed by atoms with E-state index in [0.29, 0.717) is 19.5 Å². The van der Waals surface area contributed by atoms with E-state index in [2.05, 4.69) is 9.62 Å². The topological polar surface area (TPSA) is 49.4 Å². The number of nitrogens with one attached hydrogen (secondary N) is 1. The summed E-state index contributed by atoms with van der Waals surface area (Å²) in [6.07, 6.45) is 0.476. The van der Waals surface area contributed by atoms with Crippen LogP contribution in [0.3, 0.4) is 0 Å². The van der Waals surface area contributed by atoms with Crippen LogP contribution in [0.2, 0.25) is 0 Å². The zero-order valence-electron chi connectivity index (χ0n) is 18.9. The standard InChI is InChI=1S/C28H24F2N2O2S/c29-24-12-9-21(10-13-24)22-11-14-28-23(15-22)16-26(19-32(28)18-20-5-2-1-3-6-20)31-35(33,34)27-8-4-7-25(30)17-27/h1-15,17,26,31H,16,18-19H2. The Morgan fingerprint density at radius 1 is 0.800 bits per heavy atom. The Kier molecular flexibility index (Phi) is 6.36.